The number of amides is 2. The van der Waals surface area contributed by atoms with Crippen molar-refractivity contribution < 1.29 is 9.59 Å². The molecule has 4 nitrogen and oxygen atoms in total. The largest absolute Gasteiger partial charge is 0.339 e. The summed E-state index contributed by atoms with van der Waals surface area (Å²) in [5.41, 5.74) is 1.59. The quantitative estimate of drug-likeness (QED) is 0.599. The van der Waals surface area contributed by atoms with E-state index in [0.29, 0.717) is 20.7 Å². The van der Waals surface area contributed by atoms with Crippen molar-refractivity contribution in [1.82, 2.24) is 9.80 Å². The minimum atomic E-state index is -0.0763. The summed E-state index contributed by atoms with van der Waals surface area (Å²) in [5, 5.41) is 0. The Morgan fingerprint density at radius 1 is 1.25 bits per heavy atom. The van der Waals surface area contributed by atoms with Crippen molar-refractivity contribution >= 4 is 46.2 Å². The SMILES string of the molecule is CC1CCN(C(=O)c2ccc(/C=C3\SC(=S)N(C)C3=O)cc2)CC1. The smallest absolute Gasteiger partial charge is 0.265 e. The molecule has 0 atom stereocenters. The van der Waals surface area contributed by atoms with Crippen LogP contribution in [-0.4, -0.2) is 46.1 Å². The molecule has 126 valence electrons. The van der Waals surface area contributed by atoms with Crippen LogP contribution >= 0.6 is 24.0 Å². The van der Waals surface area contributed by atoms with E-state index in [-0.39, 0.29) is 11.8 Å². The van der Waals surface area contributed by atoms with Crippen LogP contribution < -0.4 is 0 Å². The van der Waals surface area contributed by atoms with Crippen molar-refractivity contribution in [3.8, 4) is 0 Å². The van der Waals surface area contributed by atoms with Crippen molar-refractivity contribution in [2.75, 3.05) is 20.1 Å². The molecule has 2 aliphatic heterocycles. The van der Waals surface area contributed by atoms with Gasteiger partial charge in [-0.2, -0.15) is 0 Å². The molecule has 0 aliphatic carbocycles. The molecular weight excluding hydrogens is 340 g/mol. The van der Waals surface area contributed by atoms with Crippen LogP contribution in [0.25, 0.3) is 6.08 Å². The van der Waals surface area contributed by atoms with Crippen LogP contribution in [0.5, 0.6) is 0 Å². The van der Waals surface area contributed by atoms with Crippen LogP contribution in [0.15, 0.2) is 29.2 Å². The fourth-order valence-corrected chi connectivity index (χ4v) is 3.99. The molecule has 0 radical (unpaired) electrons. The van der Waals surface area contributed by atoms with E-state index in [1.807, 2.05) is 35.2 Å². The monoisotopic (exact) mass is 360 g/mol. The van der Waals surface area contributed by atoms with Crippen LogP contribution in [0, 0.1) is 5.92 Å². The van der Waals surface area contributed by atoms with E-state index in [9.17, 15) is 9.59 Å². The summed E-state index contributed by atoms with van der Waals surface area (Å²) in [6.07, 6.45) is 3.96. The van der Waals surface area contributed by atoms with Gasteiger partial charge in [0.25, 0.3) is 11.8 Å². The lowest BCUT2D eigenvalue weighted by Gasteiger charge is -2.30. The Hall–Kier alpha value is -1.66. The van der Waals surface area contributed by atoms with Crippen molar-refractivity contribution in [2.45, 2.75) is 19.8 Å². The molecule has 0 saturated carbocycles. The Morgan fingerprint density at radius 2 is 1.88 bits per heavy atom. The number of likely N-dealkylation sites (N-methyl/N-ethyl adjacent to an activating group) is 1. The van der Waals surface area contributed by atoms with E-state index in [4.69, 9.17) is 12.2 Å². The summed E-state index contributed by atoms with van der Waals surface area (Å²) >= 11 is 6.43. The number of hydrogen-bond donors (Lipinski definition) is 0. The second-order valence-corrected chi connectivity index (χ2v) is 8.01. The highest BCUT2D eigenvalue weighted by molar-refractivity contribution is 8.26. The lowest BCUT2D eigenvalue weighted by atomic mass is 9.98. The molecule has 0 aromatic heterocycles. The van der Waals surface area contributed by atoms with Crippen LogP contribution in [0.1, 0.15) is 35.7 Å². The number of nitrogens with zero attached hydrogens (tertiary/aromatic N) is 2. The van der Waals surface area contributed by atoms with E-state index < -0.39 is 0 Å². The van der Waals surface area contributed by atoms with E-state index in [2.05, 4.69) is 6.92 Å². The minimum absolute atomic E-state index is 0.0763. The summed E-state index contributed by atoms with van der Waals surface area (Å²) in [7, 11) is 1.68. The minimum Gasteiger partial charge on any atom is -0.339 e. The first kappa shape index (κ1) is 17.2. The highest BCUT2D eigenvalue weighted by Gasteiger charge is 2.28. The van der Waals surface area contributed by atoms with E-state index in [0.717, 1.165) is 31.5 Å². The Bertz CT molecular complexity index is 704. The lowest BCUT2D eigenvalue weighted by molar-refractivity contribution is -0.121. The number of piperidine rings is 1. The van der Waals surface area contributed by atoms with Gasteiger partial charge < -0.3 is 4.90 Å². The standard InChI is InChI=1S/C18H20N2O2S2/c1-12-7-9-20(10-8-12)16(21)14-5-3-13(4-6-14)11-15-17(22)19(2)18(23)24-15/h3-6,11-12H,7-10H2,1-2H3/b15-11-. The molecule has 2 fully saturated rings. The van der Waals surface area contributed by atoms with E-state index in [1.54, 1.807) is 7.05 Å². The number of likely N-dealkylation sites (tertiary alicyclic amines) is 1. The molecule has 24 heavy (non-hydrogen) atoms. The molecule has 0 unspecified atom stereocenters. The molecule has 2 amide bonds. The molecule has 0 spiro atoms. The summed E-state index contributed by atoms with van der Waals surface area (Å²) in [5.74, 6) is 0.717. The predicted molar refractivity (Wildman–Crippen MR) is 102 cm³/mol. The van der Waals surface area contributed by atoms with Crippen LogP contribution in [0.4, 0.5) is 0 Å². The first-order valence-corrected chi connectivity index (χ1v) is 9.29. The van der Waals surface area contributed by atoms with Crippen molar-refractivity contribution in [2.24, 2.45) is 5.92 Å². The third kappa shape index (κ3) is 3.54. The fraction of sp³-hybridized carbons (Fsp3) is 0.389. The van der Waals surface area contributed by atoms with Gasteiger partial charge in [-0.1, -0.05) is 43.0 Å². The maximum Gasteiger partial charge on any atom is 0.265 e. The highest BCUT2D eigenvalue weighted by Crippen LogP contribution is 2.31. The average molecular weight is 361 g/mol. The van der Waals surface area contributed by atoms with Crippen LogP contribution in [0.3, 0.4) is 0 Å². The van der Waals surface area contributed by atoms with Gasteiger partial charge in [0.05, 0.1) is 4.91 Å². The molecule has 0 N–H and O–H groups in total. The lowest BCUT2D eigenvalue weighted by Crippen LogP contribution is -2.37. The Morgan fingerprint density at radius 3 is 2.42 bits per heavy atom. The van der Waals surface area contributed by atoms with Crippen molar-refractivity contribution in [3.63, 3.8) is 0 Å². The second kappa shape index (κ2) is 7.07. The Balaban J connectivity index is 1.71. The van der Waals surface area contributed by atoms with Gasteiger partial charge in [0.15, 0.2) is 0 Å². The fourth-order valence-electron chi connectivity index (χ4n) is 2.81. The number of thioether (sulfide) groups is 1. The number of benzene rings is 1. The van der Waals surface area contributed by atoms with E-state index in [1.165, 1.54) is 16.7 Å². The normalized spacial score (nSPS) is 21.0. The third-order valence-electron chi connectivity index (χ3n) is 4.51. The molecule has 2 heterocycles. The molecule has 6 heteroatoms. The summed E-state index contributed by atoms with van der Waals surface area (Å²) < 4.78 is 0.567. The maximum atomic E-state index is 12.5. The average Bonchev–Trinajstić information content (AvgIpc) is 2.83. The Kier molecular flexibility index (Phi) is 5.06. The highest BCUT2D eigenvalue weighted by atomic mass is 32.2. The molecule has 1 aromatic carbocycles. The van der Waals surface area contributed by atoms with Gasteiger partial charge in [-0.25, -0.2) is 0 Å². The summed E-state index contributed by atoms with van der Waals surface area (Å²) in [6.45, 7) is 3.90. The number of rotatable bonds is 2. The molecule has 1 aromatic rings. The summed E-state index contributed by atoms with van der Waals surface area (Å²) in [6, 6.07) is 7.42. The Labute approximate surface area is 151 Å². The van der Waals surface area contributed by atoms with Gasteiger partial charge >= 0.3 is 0 Å². The van der Waals surface area contributed by atoms with Gasteiger partial charge in [0.1, 0.15) is 4.32 Å². The van der Waals surface area contributed by atoms with Crippen molar-refractivity contribution in [1.29, 1.82) is 0 Å². The van der Waals surface area contributed by atoms with Gasteiger partial charge in [-0.05, 0) is 42.5 Å². The zero-order valence-corrected chi connectivity index (χ0v) is 15.5. The molecule has 2 aliphatic rings. The first-order valence-electron chi connectivity index (χ1n) is 8.06. The molecular formula is C18H20N2O2S2. The maximum absolute atomic E-state index is 12.5. The predicted octanol–water partition coefficient (Wildman–Crippen LogP) is 3.39. The molecule has 2 saturated heterocycles. The number of hydrogen-bond acceptors (Lipinski definition) is 4. The van der Waals surface area contributed by atoms with Crippen LogP contribution in [-0.2, 0) is 4.79 Å². The number of thiocarbonyl (C=S) groups is 1. The third-order valence-corrected chi connectivity index (χ3v) is 6.00. The molecule has 0 bridgehead atoms. The molecule has 3 rings (SSSR count). The topological polar surface area (TPSA) is 40.6 Å². The summed E-state index contributed by atoms with van der Waals surface area (Å²) in [4.78, 5) is 28.6. The number of carbonyl (C=O) groups excluding carboxylic acids is 2. The van der Waals surface area contributed by atoms with Gasteiger partial charge in [0.2, 0.25) is 0 Å². The zero-order valence-electron chi connectivity index (χ0n) is 13.8. The first-order chi connectivity index (χ1) is 11.5. The van der Waals surface area contributed by atoms with Crippen LogP contribution in [0.2, 0.25) is 0 Å². The van der Waals surface area contributed by atoms with Gasteiger partial charge in [-0.15, -0.1) is 0 Å². The number of carbonyl (C=O) groups is 2. The van der Waals surface area contributed by atoms with Gasteiger partial charge in [0, 0.05) is 25.7 Å². The zero-order chi connectivity index (χ0) is 17.3. The van der Waals surface area contributed by atoms with E-state index >= 15 is 0 Å². The van der Waals surface area contributed by atoms with Crippen molar-refractivity contribution in [3.05, 3.63) is 40.3 Å². The van der Waals surface area contributed by atoms with Gasteiger partial charge in [-0.3, -0.25) is 14.5 Å². The second-order valence-electron chi connectivity index (χ2n) is 6.34.